The van der Waals surface area contributed by atoms with Gasteiger partial charge in [0.25, 0.3) is 0 Å². The van der Waals surface area contributed by atoms with Gasteiger partial charge in [-0.25, -0.2) is 0 Å². The topological polar surface area (TPSA) is 76.7 Å². The molecule has 2 unspecified atom stereocenters. The number of benzene rings is 2. The van der Waals surface area contributed by atoms with Crippen molar-refractivity contribution >= 4 is 11.8 Å². The lowest BCUT2D eigenvalue weighted by Crippen LogP contribution is -2.33. The average molecular weight is 483 g/mol. The van der Waals surface area contributed by atoms with Gasteiger partial charge in [0.1, 0.15) is 13.5 Å². The van der Waals surface area contributed by atoms with Crippen LogP contribution in [0.25, 0.3) is 0 Å². The third-order valence-corrected chi connectivity index (χ3v) is 5.99. The minimum atomic E-state index is -0.180. The summed E-state index contributed by atoms with van der Waals surface area (Å²) >= 11 is 0. The molecule has 2 rings (SSSR count). The molecular weight excluding hydrogens is 440 g/mol. The van der Waals surface area contributed by atoms with Crippen LogP contribution >= 0.6 is 0 Å². The minimum absolute atomic E-state index is 0.00591. The maximum Gasteiger partial charge on any atom is 0.229 e. The molecule has 0 saturated heterocycles. The molecule has 2 aromatic rings. The Morgan fingerprint density at radius 3 is 1.34 bits per heavy atom. The second kappa shape index (κ2) is 16.1. The Labute approximate surface area is 210 Å². The second-order valence-electron chi connectivity index (χ2n) is 9.51. The monoisotopic (exact) mass is 482 g/mol. The van der Waals surface area contributed by atoms with Crippen molar-refractivity contribution < 1.29 is 19.1 Å². The van der Waals surface area contributed by atoms with Crippen LogP contribution in [0.4, 0.5) is 0 Å². The standard InChI is InChI=1S/C29H42N2O4/c1-22(2)26(24-14-8-5-9-15-24)28(32)30-20-34-18-12-7-13-19-35-21-31-29(33)27(23(3)4)25-16-10-6-11-17-25/h5-6,8-11,14-17,22-23,26-27H,7,12-13,18-21H2,1-4H3,(H,30,32)(H,31,33). The highest BCUT2D eigenvalue weighted by Crippen LogP contribution is 2.25. The molecule has 0 saturated carbocycles. The largest absolute Gasteiger partial charge is 0.361 e. The number of carbonyl (C=O) groups excluding carboxylic acids is 2. The van der Waals surface area contributed by atoms with Gasteiger partial charge in [0.05, 0.1) is 11.8 Å². The van der Waals surface area contributed by atoms with Gasteiger partial charge in [-0.2, -0.15) is 0 Å². The first-order valence-electron chi connectivity index (χ1n) is 12.7. The number of carbonyl (C=O) groups is 2. The fourth-order valence-corrected chi connectivity index (χ4v) is 4.19. The number of amides is 2. The fraction of sp³-hybridized carbons (Fsp3) is 0.517. The minimum Gasteiger partial charge on any atom is -0.361 e. The van der Waals surface area contributed by atoms with Crippen molar-refractivity contribution in [1.29, 1.82) is 0 Å². The van der Waals surface area contributed by atoms with Crippen molar-refractivity contribution in [2.45, 2.75) is 58.8 Å². The highest BCUT2D eigenvalue weighted by Gasteiger charge is 2.24. The van der Waals surface area contributed by atoms with E-state index in [4.69, 9.17) is 9.47 Å². The van der Waals surface area contributed by atoms with E-state index >= 15 is 0 Å². The Morgan fingerprint density at radius 1 is 0.629 bits per heavy atom. The molecule has 0 radical (unpaired) electrons. The van der Waals surface area contributed by atoms with Gasteiger partial charge in [-0.3, -0.25) is 9.59 Å². The number of hydrogen-bond acceptors (Lipinski definition) is 4. The molecule has 6 heteroatoms. The maximum atomic E-state index is 12.6. The molecule has 0 aliphatic heterocycles. The van der Waals surface area contributed by atoms with Gasteiger partial charge < -0.3 is 20.1 Å². The van der Waals surface area contributed by atoms with E-state index in [1.807, 2.05) is 60.7 Å². The van der Waals surface area contributed by atoms with E-state index in [-0.39, 0.29) is 48.9 Å². The van der Waals surface area contributed by atoms with Gasteiger partial charge in [-0.15, -0.1) is 0 Å². The highest BCUT2D eigenvalue weighted by atomic mass is 16.5. The van der Waals surface area contributed by atoms with Crippen molar-refractivity contribution in [2.75, 3.05) is 26.7 Å². The van der Waals surface area contributed by atoms with Crippen LogP contribution in [0.5, 0.6) is 0 Å². The van der Waals surface area contributed by atoms with Gasteiger partial charge >= 0.3 is 0 Å². The molecule has 0 spiro atoms. The molecule has 6 nitrogen and oxygen atoms in total. The zero-order valence-corrected chi connectivity index (χ0v) is 21.7. The van der Waals surface area contributed by atoms with Gasteiger partial charge in [-0.1, -0.05) is 88.4 Å². The summed E-state index contributed by atoms with van der Waals surface area (Å²) in [5.41, 5.74) is 2.05. The zero-order chi connectivity index (χ0) is 25.5. The number of hydrogen-bond donors (Lipinski definition) is 2. The summed E-state index contributed by atoms with van der Waals surface area (Å²) in [7, 11) is 0. The molecule has 2 amide bonds. The molecule has 0 heterocycles. The molecule has 0 aromatic heterocycles. The highest BCUT2D eigenvalue weighted by molar-refractivity contribution is 5.84. The first-order chi connectivity index (χ1) is 16.9. The quantitative estimate of drug-likeness (QED) is 0.254. The van der Waals surface area contributed by atoms with Crippen molar-refractivity contribution in [2.24, 2.45) is 11.8 Å². The molecule has 35 heavy (non-hydrogen) atoms. The summed E-state index contributed by atoms with van der Waals surface area (Å²) in [6.45, 7) is 9.82. The first-order valence-corrected chi connectivity index (χ1v) is 12.7. The molecule has 2 N–H and O–H groups in total. The zero-order valence-electron chi connectivity index (χ0n) is 21.7. The molecule has 192 valence electrons. The number of unbranched alkanes of at least 4 members (excludes halogenated alkanes) is 2. The Kier molecular flexibility index (Phi) is 13.1. The average Bonchev–Trinajstić information content (AvgIpc) is 2.83. The van der Waals surface area contributed by atoms with E-state index < -0.39 is 0 Å². The lowest BCUT2D eigenvalue weighted by molar-refractivity contribution is -0.126. The van der Waals surface area contributed by atoms with Gasteiger partial charge in [0, 0.05) is 13.2 Å². The summed E-state index contributed by atoms with van der Waals surface area (Å²) in [6.07, 6.45) is 2.74. The van der Waals surface area contributed by atoms with E-state index in [1.54, 1.807) is 0 Å². The number of nitrogens with one attached hydrogen (secondary N) is 2. The van der Waals surface area contributed by atoms with E-state index in [9.17, 15) is 9.59 Å². The van der Waals surface area contributed by atoms with Crippen LogP contribution in [0.3, 0.4) is 0 Å². The van der Waals surface area contributed by atoms with E-state index in [2.05, 4.69) is 38.3 Å². The van der Waals surface area contributed by atoms with Crippen molar-refractivity contribution in [1.82, 2.24) is 10.6 Å². The Morgan fingerprint density at radius 2 is 1.00 bits per heavy atom. The summed E-state index contributed by atoms with van der Waals surface area (Å²) in [6, 6.07) is 19.7. The fourth-order valence-electron chi connectivity index (χ4n) is 4.19. The van der Waals surface area contributed by atoms with Crippen LogP contribution in [-0.2, 0) is 19.1 Å². The van der Waals surface area contributed by atoms with Crippen LogP contribution in [0, 0.1) is 11.8 Å². The second-order valence-corrected chi connectivity index (χ2v) is 9.51. The van der Waals surface area contributed by atoms with Crippen LogP contribution in [0.15, 0.2) is 60.7 Å². The third kappa shape index (κ3) is 10.2. The summed E-state index contributed by atoms with van der Waals surface area (Å²) in [5, 5.41) is 5.79. The Balaban J connectivity index is 1.52. The normalized spacial score (nSPS) is 13.0. The van der Waals surface area contributed by atoms with Crippen molar-refractivity contribution in [3.8, 4) is 0 Å². The van der Waals surface area contributed by atoms with E-state index in [0.29, 0.717) is 13.2 Å². The summed E-state index contributed by atoms with van der Waals surface area (Å²) in [5.74, 6) is 0.0395. The SMILES string of the molecule is CC(C)C(C(=O)NCOCCCCCOCNC(=O)C(c1ccccc1)C(C)C)c1ccccc1. The maximum absolute atomic E-state index is 12.6. The molecule has 2 atom stereocenters. The van der Waals surface area contributed by atoms with Crippen molar-refractivity contribution in [3.05, 3.63) is 71.8 Å². The first kappa shape index (κ1) is 28.5. The number of ether oxygens (including phenoxy) is 2. The predicted molar refractivity (Wildman–Crippen MR) is 140 cm³/mol. The molecule has 0 bridgehead atoms. The molecule has 0 aliphatic carbocycles. The van der Waals surface area contributed by atoms with E-state index in [0.717, 1.165) is 30.4 Å². The molecule has 2 aromatic carbocycles. The Bertz CT molecular complexity index is 784. The van der Waals surface area contributed by atoms with Crippen LogP contribution < -0.4 is 10.6 Å². The van der Waals surface area contributed by atoms with Crippen LogP contribution in [-0.4, -0.2) is 38.5 Å². The molecule has 0 fully saturated rings. The van der Waals surface area contributed by atoms with Gasteiger partial charge in [-0.05, 0) is 42.2 Å². The smallest absolute Gasteiger partial charge is 0.229 e. The molecular formula is C29H42N2O4. The molecule has 0 aliphatic rings. The third-order valence-electron chi connectivity index (χ3n) is 5.99. The van der Waals surface area contributed by atoms with E-state index in [1.165, 1.54) is 0 Å². The van der Waals surface area contributed by atoms with Crippen LogP contribution in [0.1, 0.15) is 69.9 Å². The number of rotatable bonds is 16. The lowest BCUT2D eigenvalue weighted by Gasteiger charge is -2.21. The van der Waals surface area contributed by atoms with Gasteiger partial charge in [0.2, 0.25) is 11.8 Å². The lowest BCUT2D eigenvalue weighted by atomic mass is 9.88. The predicted octanol–water partition coefficient (Wildman–Crippen LogP) is 5.22. The Hall–Kier alpha value is -2.70. The van der Waals surface area contributed by atoms with Crippen molar-refractivity contribution in [3.63, 3.8) is 0 Å². The summed E-state index contributed by atoms with van der Waals surface area (Å²) < 4.78 is 11.2. The summed E-state index contributed by atoms with van der Waals surface area (Å²) in [4.78, 5) is 25.2. The van der Waals surface area contributed by atoms with Crippen LogP contribution in [0.2, 0.25) is 0 Å². The van der Waals surface area contributed by atoms with Gasteiger partial charge in [0.15, 0.2) is 0 Å².